The first-order valence-corrected chi connectivity index (χ1v) is 7.58. The summed E-state index contributed by atoms with van der Waals surface area (Å²) in [5.74, 6) is 0. The molecule has 0 unspecified atom stereocenters. The summed E-state index contributed by atoms with van der Waals surface area (Å²) in [4.78, 5) is 4.35. The van der Waals surface area contributed by atoms with Gasteiger partial charge in [0.1, 0.15) is 0 Å². The first-order valence-electron chi connectivity index (χ1n) is 6.10. The van der Waals surface area contributed by atoms with E-state index in [9.17, 15) is 8.42 Å². The number of hydrogen-bond acceptors (Lipinski definition) is 3. The van der Waals surface area contributed by atoms with E-state index in [0.717, 1.165) is 12.0 Å². The number of rotatable bonds is 5. The van der Waals surface area contributed by atoms with Gasteiger partial charge in [-0.05, 0) is 36.2 Å². The van der Waals surface area contributed by atoms with E-state index in [0.29, 0.717) is 5.69 Å². The molecule has 0 amide bonds. The Labute approximate surface area is 113 Å². The summed E-state index contributed by atoms with van der Waals surface area (Å²) >= 11 is 0. The molecule has 0 aliphatic heterocycles. The summed E-state index contributed by atoms with van der Waals surface area (Å²) in [6.07, 6.45) is 2.53. The van der Waals surface area contributed by atoms with Crippen LogP contribution >= 0.6 is 0 Å². The highest BCUT2D eigenvalue weighted by atomic mass is 32.2. The third-order valence-electron chi connectivity index (χ3n) is 2.81. The minimum Gasteiger partial charge on any atom is -0.260 e. The Morgan fingerprint density at radius 2 is 1.84 bits per heavy atom. The van der Waals surface area contributed by atoms with E-state index in [1.165, 1.54) is 0 Å². The van der Waals surface area contributed by atoms with E-state index < -0.39 is 10.0 Å². The van der Waals surface area contributed by atoms with Crippen LogP contribution in [0, 0.1) is 0 Å². The van der Waals surface area contributed by atoms with Gasteiger partial charge in [0.05, 0.1) is 17.1 Å². The van der Waals surface area contributed by atoms with Crippen LogP contribution in [0.4, 0.5) is 0 Å². The molecular weight excluding hydrogens is 260 g/mol. The molecule has 0 bridgehead atoms. The molecule has 0 atom stereocenters. The van der Waals surface area contributed by atoms with E-state index in [-0.39, 0.29) is 11.4 Å². The van der Waals surface area contributed by atoms with Crippen molar-refractivity contribution in [3.8, 4) is 0 Å². The number of benzene rings is 1. The van der Waals surface area contributed by atoms with E-state index in [1.807, 2.05) is 25.1 Å². The lowest BCUT2D eigenvalue weighted by Crippen LogP contribution is -2.23. The molecule has 1 aromatic heterocycles. The second-order valence-electron chi connectivity index (χ2n) is 4.14. The van der Waals surface area contributed by atoms with E-state index in [1.54, 1.807) is 30.5 Å². The molecule has 2 rings (SSSR count). The van der Waals surface area contributed by atoms with Crippen molar-refractivity contribution in [1.82, 2.24) is 9.71 Å². The monoisotopic (exact) mass is 276 g/mol. The highest BCUT2D eigenvalue weighted by molar-refractivity contribution is 7.89. The zero-order valence-electron chi connectivity index (χ0n) is 10.7. The van der Waals surface area contributed by atoms with Crippen molar-refractivity contribution in [2.45, 2.75) is 24.8 Å². The minimum absolute atomic E-state index is 0.193. The van der Waals surface area contributed by atoms with E-state index >= 15 is 0 Å². The minimum atomic E-state index is -3.47. The molecule has 0 fully saturated rings. The van der Waals surface area contributed by atoms with Crippen LogP contribution in [-0.2, 0) is 23.0 Å². The number of pyridine rings is 1. The summed E-state index contributed by atoms with van der Waals surface area (Å²) in [6.45, 7) is 2.22. The van der Waals surface area contributed by atoms with Gasteiger partial charge >= 0.3 is 0 Å². The maximum absolute atomic E-state index is 12.1. The number of hydrogen-bond donors (Lipinski definition) is 1. The zero-order chi connectivity index (χ0) is 13.7. The van der Waals surface area contributed by atoms with Gasteiger partial charge in [0.25, 0.3) is 0 Å². The fourth-order valence-electron chi connectivity index (χ4n) is 1.66. The van der Waals surface area contributed by atoms with Crippen LogP contribution in [0.3, 0.4) is 0 Å². The molecule has 1 heterocycles. The first-order chi connectivity index (χ1) is 9.12. The fraction of sp³-hybridized carbons (Fsp3) is 0.214. The standard InChI is InChI=1S/C14H16N2O2S/c1-2-12-6-8-14(9-7-12)19(17,18)16-11-13-5-3-4-10-15-13/h3-10,16H,2,11H2,1H3. The number of aryl methyl sites for hydroxylation is 1. The van der Waals surface area contributed by atoms with Crippen molar-refractivity contribution in [3.63, 3.8) is 0 Å². The number of nitrogens with zero attached hydrogens (tertiary/aromatic N) is 1. The van der Waals surface area contributed by atoms with Gasteiger partial charge in [-0.15, -0.1) is 0 Å². The SMILES string of the molecule is CCc1ccc(S(=O)(=O)NCc2ccccn2)cc1. The molecule has 0 aliphatic carbocycles. The Bertz CT molecular complexity index is 622. The average molecular weight is 276 g/mol. The smallest absolute Gasteiger partial charge is 0.240 e. The van der Waals surface area contributed by atoms with Gasteiger partial charge in [0.2, 0.25) is 10.0 Å². The number of sulfonamides is 1. The Morgan fingerprint density at radius 1 is 1.11 bits per heavy atom. The van der Waals surface area contributed by atoms with Crippen molar-refractivity contribution in [2.75, 3.05) is 0 Å². The molecule has 4 nitrogen and oxygen atoms in total. The molecular formula is C14H16N2O2S. The van der Waals surface area contributed by atoms with Gasteiger partial charge in [-0.3, -0.25) is 4.98 Å². The fourth-order valence-corrected chi connectivity index (χ4v) is 2.66. The molecule has 19 heavy (non-hydrogen) atoms. The lowest BCUT2D eigenvalue weighted by molar-refractivity contribution is 0.580. The molecule has 0 saturated carbocycles. The summed E-state index contributed by atoms with van der Waals surface area (Å²) < 4.78 is 26.7. The largest absolute Gasteiger partial charge is 0.260 e. The van der Waals surface area contributed by atoms with Crippen LogP contribution in [0.2, 0.25) is 0 Å². The topological polar surface area (TPSA) is 59.1 Å². The molecule has 0 aliphatic rings. The predicted molar refractivity (Wildman–Crippen MR) is 74.1 cm³/mol. The molecule has 5 heteroatoms. The highest BCUT2D eigenvalue weighted by Gasteiger charge is 2.13. The van der Waals surface area contributed by atoms with Crippen molar-refractivity contribution in [3.05, 3.63) is 59.9 Å². The second kappa shape index (κ2) is 5.95. The van der Waals surface area contributed by atoms with Gasteiger partial charge in [-0.1, -0.05) is 25.1 Å². The predicted octanol–water partition coefficient (Wildman–Crippen LogP) is 2.12. The Balaban J connectivity index is 2.09. The van der Waals surface area contributed by atoms with Gasteiger partial charge in [-0.25, -0.2) is 13.1 Å². The second-order valence-corrected chi connectivity index (χ2v) is 5.91. The van der Waals surface area contributed by atoms with Crippen molar-refractivity contribution < 1.29 is 8.42 Å². The van der Waals surface area contributed by atoms with E-state index in [2.05, 4.69) is 9.71 Å². The van der Waals surface area contributed by atoms with Gasteiger partial charge in [-0.2, -0.15) is 0 Å². The van der Waals surface area contributed by atoms with Crippen molar-refractivity contribution in [2.24, 2.45) is 0 Å². The van der Waals surface area contributed by atoms with Crippen LogP contribution in [0.25, 0.3) is 0 Å². The third kappa shape index (κ3) is 3.62. The Hall–Kier alpha value is -1.72. The van der Waals surface area contributed by atoms with Crippen LogP contribution in [0.5, 0.6) is 0 Å². The third-order valence-corrected chi connectivity index (χ3v) is 4.23. The van der Waals surface area contributed by atoms with Crippen LogP contribution in [0.15, 0.2) is 53.6 Å². The van der Waals surface area contributed by atoms with Crippen LogP contribution in [0.1, 0.15) is 18.2 Å². The zero-order valence-corrected chi connectivity index (χ0v) is 11.5. The first kappa shape index (κ1) is 13.7. The maximum Gasteiger partial charge on any atom is 0.240 e. The summed E-state index contributed by atoms with van der Waals surface area (Å²) in [5, 5.41) is 0. The molecule has 2 aromatic rings. The lowest BCUT2D eigenvalue weighted by Gasteiger charge is -2.07. The maximum atomic E-state index is 12.1. The summed E-state index contributed by atoms with van der Waals surface area (Å²) in [5.41, 5.74) is 1.81. The van der Waals surface area contributed by atoms with E-state index in [4.69, 9.17) is 0 Å². The number of aromatic nitrogens is 1. The molecule has 0 saturated heterocycles. The molecule has 100 valence electrons. The van der Waals surface area contributed by atoms with Gasteiger partial charge < -0.3 is 0 Å². The molecule has 0 spiro atoms. The van der Waals surface area contributed by atoms with Gasteiger partial charge in [0, 0.05) is 6.20 Å². The van der Waals surface area contributed by atoms with Crippen LogP contribution < -0.4 is 4.72 Å². The van der Waals surface area contributed by atoms with Crippen molar-refractivity contribution >= 4 is 10.0 Å². The highest BCUT2D eigenvalue weighted by Crippen LogP contribution is 2.11. The van der Waals surface area contributed by atoms with Crippen LogP contribution in [-0.4, -0.2) is 13.4 Å². The molecule has 0 radical (unpaired) electrons. The quantitative estimate of drug-likeness (QED) is 0.910. The van der Waals surface area contributed by atoms with Crippen molar-refractivity contribution in [1.29, 1.82) is 0 Å². The Kier molecular flexibility index (Phi) is 4.29. The Morgan fingerprint density at radius 3 is 2.42 bits per heavy atom. The normalized spacial score (nSPS) is 11.4. The lowest BCUT2D eigenvalue weighted by atomic mass is 10.2. The molecule has 1 aromatic carbocycles. The molecule has 1 N–H and O–H groups in total. The number of nitrogens with one attached hydrogen (secondary N) is 1. The average Bonchev–Trinajstić information content (AvgIpc) is 2.46. The van der Waals surface area contributed by atoms with Gasteiger partial charge in [0.15, 0.2) is 0 Å². The summed E-state index contributed by atoms with van der Waals surface area (Å²) in [6, 6.07) is 12.3. The summed E-state index contributed by atoms with van der Waals surface area (Å²) in [7, 11) is -3.47.